The van der Waals surface area contributed by atoms with Crippen LogP contribution in [0.2, 0.25) is 0 Å². The molecule has 0 radical (unpaired) electrons. The highest BCUT2D eigenvalue weighted by Crippen LogP contribution is 1.90. The van der Waals surface area contributed by atoms with Gasteiger partial charge in [-0.3, -0.25) is 9.00 Å². The van der Waals surface area contributed by atoms with Gasteiger partial charge < -0.3 is 11.1 Å². The van der Waals surface area contributed by atoms with Crippen LogP contribution in [0.3, 0.4) is 0 Å². The number of hydrogen-bond acceptors (Lipinski definition) is 3. The number of nitrogens with two attached hydrogens (primary N) is 1. The normalized spacial score (nSPS) is 15.2. The van der Waals surface area contributed by atoms with Gasteiger partial charge in [0.2, 0.25) is 5.91 Å². The molecule has 0 saturated heterocycles. The third-order valence-corrected chi connectivity index (χ3v) is 2.84. The van der Waals surface area contributed by atoms with Gasteiger partial charge in [0.15, 0.2) is 0 Å². The van der Waals surface area contributed by atoms with Crippen LogP contribution in [-0.4, -0.2) is 34.7 Å². The Morgan fingerprint density at radius 3 is 2.67 bits per heavy atom. The zero-order valence-corrected chi connectivity index (χ0v) is 8.32. The Hall–Kier alpha value is -0.420. The maximum atomic E-state index is 11.1. The molecule has 2 atom stereocenters. The maximum Gasteiger partial charge on any atom is 0.220 e. The number of hydrogen-bond donors (Lipinski definition) is 2. The van der Waals surface area contributed by atoms with Crippen molar-refractivity contribution in [2.45, 2.75) is 19.4 Å². The Balaban J connectivity index is 3.51. The van der Waals surface area contributed by atoms with E-state index in [9.17, 15) is 9.00 Å². The van der Waals surface area contributed by atoms with Gasteiger partial charge in [-0.2, -0.15) is 0 Å². The van der Waals surface area contributed by atoms with Crippen molar-refractivity contribution in [1.29, 1.82) is 0 Å². The lowest BCUT2D eigenvalue weighted by Crippen LogP contribution is -2.26. The van der Waals surface area contributed by atoms with E-state index >= 15 is 0 Å². The summed E-state index contributed by atoms with van der Waals surface area (Å²) in [7, 11) is 0.608. The largest absolute Gasteiger partial charge is 0.359 e. The van der Waals surface area contributed by atoms with Crippen molar-refractivity contribution in [2.24, 2.45) is 5.73 Å². The number of rotatable bonds is 5. The maximum absolute atomic E-state index is 11.1. The van der Waals surface area contributed by atoms with Gasteiger partial charge in [0.1, 0.15) is 0 Å². The van der Waals surface area contributed by atoms with Crippen molar-refractivity contribution < 1.29 is 9.00 Å². The summed E-state index contributed by atoms with van der Waals surface area (Å²) in [6.45, 7) is 1.80. The van der Waals surface area contributed by atoms with Crippen LogP contribution in [0.25, 0.3) is 0 Å². The molecule has 72 valence electrons. The number of nitrogens with one attached hydrogen (secondary N) is 1. The molecular formula is C7H16N2O2S. The van der Waals surface area contributed by atoms with E-state index in [1.165, 1.54) is 0 Å². The molecule has 0 bridgehead atoms. The predicted molar refractivity (Wildman–Crippen MR) is 50.2 cm³/mol. The van der Waals surface area contributed by atoms with Gasteiger partial charge in [0.25, 0.3) is 0 Å². The molecule has 5 heteroatoms. The van der Waals surface area contributed by atoms with Crippen LogP contribution < -0.4 is 11.1 Å². The molecule has 2 unspecified atom stereocenters. The van der Waals surface area contributed by atoms with Crippen molar-refractivity contribution in [3.63, 3.8) is 0 Å². The number of amides is 1. The van der Waals surface area contributed by atoms with Crippen molar-refractivity contribution in [3.05, 3.63) is 0 Å². The lowest BCUT2D eigenvalue weighted by molar-refractivity contribution is -0.120. The molecule has 0 aliphatic heterocycles. The zero-order chi connectivity index (χ0) is 9.56. The fourth-order valence-electron chi connectivity index (χ4n) is 0.708. The molecule has 12 heavy (non-hydrogen) atoms. The van der Waals surface area contributed by atoms with E-state index in [1.54, 1.807) is 14.0 Å². The molecule has 1 amide bonds. The second kappa shape index (κ2) is 6.14. The molecule has 0 aliphatic rings. The van der Waals surface area contributed by atoms with E-state index < -0.39 is 10.8 Å². The van der Waals surface area contributed by atoms with E-state index in [1.807, 2.05) is 0 Å². The first-order chi connectivity index (χ1) is 5.56. The zero-order valence-electron chi connectivity index (χ0n) is 7.50. The topological polar surface area (TPSA) is 72.2 Å². The third kappa shape index (κ3) is 6.30. The minimum atomic E-state index is -0.958. The van der Waals surface area contributed by atoms with Crippen LogP contribution in [0.5, 0.6) is 0 Å². The Morgan fingerprint density at radius 1 is 1.67 bits per heavy atom. The average molecular weight is 192 g/mol. The van der Waals surface area contributed by atoms with Gasteiger partial charge in [-0.15, -0.1) is 0 Å². The molecule has 0 fully saturated rings. The molecule has 3 N–H and O–H groups in total. The van der Waals surface area contributed by atoms with Gasteiger partial charge in [0, 0.05) is 41.8 Å². The molecule has 0 aromatic heterocycles. The lowest BCUT2D eigenvalue weighted by Gasteiger charge is -2.04. The molecule has 0 rings (SSSR count). The Kier molecular flexibility index (Phi) is 5.92. The van der Waals surface area contributed by atoms with Gasteiger partial charge in [-0.1, -0.05) is 0 Å². The van der Waals surface area contributed by atoms with Gasteiger partial charge in [-0.05, 0) is 6.92 Å². The van der Waals surface area contributed by atoms with Gasteiger partial charge in [-0.25, -0.2) is 0 Å². The van der Waals surface area contributed by atoms with Crippen LogP contribution >= 0.6 is 0 Å². The minimum absolute atomic E-state index is 0.0597. The molecule has 4 nitrogen and oxygen atoms in total. The Bertz CT molecular complexity index is 171. The number of carbonyl (C=O) groups excluding carboxylic acids is 1. The second-order valence-corrected chi connectivity index (χ2v) is 4.33. The highest BCUT2D eigenvalue weighted by Gasteiger charge is 2.05. The first kappa shape index (κ1) is 11.6. The molecular weight excluding hydrogens is 176 g/mol. The van der Waals surface area contributed by atoms with Gasteiger partial charge >= 0.3 is 0 Å². The fraction of sp³-hybridized carbons (Fsp3) is 0.857. The third-order valence-electron chi connectivity index (χ3n) is 1.28. The molecule has 0 spiro atoms. The summed E-state index contributed by atoms with van der Waals surface area (Å²) in [5.74, 6) is 0.797. The van der Waals surface area contributed by atoms with Crippen LogP contribution in [0.4, 0.5) is 0 Å². The van der Waals surface area contributed by atoms with Crippen LogP contribution in [0.15, 0.2) is 0 Å². The summed E-state index contributed by atoms with van der Waals surface area (Å²) in [5, 5.41) is 2.47. The van der Waals surface area contributed by atoms with Crippen LogP contribution in [0.1, 0.15) is 13.3 Å². The van der Waals surface area contributed by atoms with E-state index in [-0.39, 0.29) is 11.9 Å². The highest BCUT2D eigenvalue weighted by molar-refractivity contribution is 7.85. The Morgan fingerprint density at radius 2 is 2.25 bits per heavy atom. The predicted octanol–water partition coefficient (Wildman–Crippen LogP) is -0.782. The van der Waals surface area contributed by atoms with Gasteiger partial charge in [0.05, 0.1) is 0 Å². The van der Waals surface area contributed by atoms with Crippen LogP contribution in [-0.2, 0) is 15.6 Å². The van der Waals surface area contributed by atoms with Crippen molar-refractivity contribution in [1.82, 2.24) is 5.32 Å². The molecule has 0 aliphatic carbocycles. The minimum Gasteiger partial charge on any atom is -0.359 e. The Labute approximate surface area is 75.4 Å². The summed E-state index contributed by atoms with van der Waals surface area (Å²) in [4.78, 5) is 10.7. The quantitative estimate of drug-likeness (QED) is 0.600. The summed E-state index contributed by atoms with van der Waals surface area (Å²) >= 11 is 0. The molecule has 0 heterocycles. The molecule has 0 aromatic carbocycles. The molecule has 0 aromatic rings. The fourth-order valence-corrected chi connectivity index (χ4v) is 1.87. The van der Waals surface area contributed by atoms with Crippen molar-refractivity contribution in [2.75, 3.05) is 18.6 Å². The second-order valence-electron chi connectivity index (χ2n) is 2.71. The number of carbonyl (C=O) groups is 1. The summed E-state index contributed by atoms with van der Waals surface area (Å²) < 4.78 is 11.1. The first-order valence-corrected chi connectivity index (χ1v) is 5.36. The smallest absolute Gasteiger partial charge is 0.220 e. The van der Waals surface area contributed by atoms with E-state index in [0.29, 0.717) is 17.9 Å². The van der Waals surface area contributed by atoms with Crippen molar-refractivity contribution >= 4 is 16.7 Å². The first-order valence-electron chi connectivity index (χ1n) is 3.87. The molecule has 0 saturated carbocycles. The lowest BCUT2D eigenvalue weighted by atomic mass is 10.4. The SMILES string of the molecule is CNC(=O)CCS(=O)CC(C)N. The highest BCUT2D eigenvalue weighted by atomic mass is 32.2. The summed E-state index contributed by atoms with van der Waals surface area (Å²) in [5.41, 5.74) is 5.44. The van der Waals surface area contributed by atoms with Crippen molar-refractivity contribution in [3.8, 4) is 0 Å². The van der Waals surface area contributed by atoms with E-state index in [2.05, 4.69) is 5.32 Å². The van der Waals surface area contributed by atoms with E-state index in [4.69, 9.17) is 5.73 Å². The van der Waals surface area contributed by atoms with Crippen LogP contribution in [0, 0.1) is 0 Å². The summed E-state index contributed by atoms with van der Waals surface area (Å²) in [6, 6.07) is -0.0597. The monoisotopic (exact) mass is 192 g/mol. The standard InChI is InChI=1S/C7H16N2O2S/c1-6(8)5-12(11)4-3-7(10)9-2/h6H,3-5,8H2,1-2H3,(H,9,10). The van der Waals surface area contributed by atoms with E-state index in [0.717, 1.165) is 0 Å². The average Bonchev–Trinajstić information content (AvgIpc) is 1.99. The summed E-state index contributed by atoms with van der Waals surface area (Å²) in [6.07, 6.45) is 0.315.